The Morgan fingerprint density at radius 3 is 1.27 bits per heavy atom. The summed E-state index contributed by atoms with van der Waals surface area (Å²) in [4.78, 5) is 37.2. The number of hydrogen-bond donors (Lipinski definition) is 5. The van der Waals surface area contributed by atoms with E-state index in [1.54, 1.807) is 41.6 Å². The smallest absolute Gasteiger partial charge is 0.488 e. The van der Waals surface area contributed by atoms with Crippen molar-refractivity contribution in [2.45, 2.75) is 161 Å². The molecule has 0 spiro atoms. The molecule has 736 valence electrons. The van der Waals surface area contributed by atoms with Crippen molar-refractivity contribution < 1.29 is 42.9 Å². The summed E-state index contributed by atoms with van der Waals surface area (Å²) in [7, 11) is -1.38. The highest BCUT2D eigenvalue weighted by Gasteiger charge is 2.35. The van der Waals surface area contributed by atoms with Crippen LogP contribution in [0.2, 0.25) is 30.1 Å². The van der Waals surface area contributed by atoms with Gasteiger partial charge in [0, 0.05) is 147 Å². The van der Waals surface area contributed by atoms with Gasteiger partial charge in [0.25, 0.3) is 0 Å². The minimum absolute atomic E-state index is 0.0532. The number of nitrogens with one attached hydrogen (secondary N) is 3. The third-order valence-electron chi connectivity index (χ3n) is 23.1. The lowest BCUT2D eigenvalue weighted by molar-refractivity contribution is 0.0223. The van der Waals surface area contributed by atoms with Gasteiger partial charge in [0.05, 0.1) is 91.6 Å². The van der Waals surface area contributed by atoms with Gasteiger partial charge in [0.1, 0.15) is 76.8 Å². The third-order valence-corrected chi connectivity index (χ3v) is 26.9. The van der Waals surface area contributed by atoms with Gasteiger partial charge in [-0.05, 0) is 226 Å². The first-order valence-electron chi connectivity index (χ1n) is 46.4. The molecule has 0 aliphatic carbocycles. The van der Waals surface area contributed by atoms with Crippen molar-refractivity contribution >= 4 is 170 Å². The number of rotatable bonds is 20. The van der Waals surface area contributed by atoms with Gasteiger partial charge < -0.3 is 63.7 Å². The van der Waals surface area contributed by atoms with Crippen molar-refractivity contribution in [3.8, 4) is 57.0 Å². The predicted octanol–water partition coefficient (Wildman–Crippen LogP) is 25.1. The summed E-state index contributed by atoms with van der Waals surface area (Å²) in [6.07, 6.45) is 11.2. The van der Waals surface area contributed by atoms with E-state index in [0.717, 1.165) is 206 Å². The first-order chi connectivity index (χ1) is 66.8. The zero-order valence-electron chi connectivity index (χ0n) is 80.8. The molecule has 6 aromatic carbocycles. The molecule has 9 aromatic heterocycles. The second kappa shape index (κ2) is 47.4. The molecule has 0 radical (unpaired) electrons. The number of amides is 1. The molecular weight excluding hydrogens is 2100 g/mol. The second-order valence-electron chi connectivity index (χ2n) is 37.3. The number of H-pyrrole nitrogens is 2. The van der Waals surface area contributed by atoms with Gasteiger partial charge >= 0.3 is 13.2 Å². The molecule has 25 nitrogen and oxygen atoms in total. The van der Waals surface area contributed by atoms with E-state index in [4.69, 9.17) is 124 Å². The number of anilines is 2. The normalized spacial score (nSPS) is 13.2. The van der Waals surface area contributed by atoms with Crippen LogP contribution in [-0.2, 0) is 56.6 Å². The number of fused-ring (bicyclic) bond motifs is 6. The summed E-state index contributed by atoms with van der Waals surface area (Å²) in [6, 6.07) is 45.0. The van der Waals surface area contributed by atoms with Gasteiger partial charge in [0.15, 0.2) is 0 Å². The fraction of sp³-hybridized carbons (Fsp3) is 0.346. The molecular formula is C104H114BBr3Cl6FN17O8. The van der Waals surface area contributed by atoms with Crippen molar-refractivity contribution in [1.82, 2.24) is 74.3 Å². The summed E-state index contributed by atoms with van der Waals surface area (Å²) in [5, 5.41) is 45.5. The predicted molar refractivity (Wildman–Crippen MR) is 571 cm³/mol. The fourth-order valence-corrected chi connectivity index (χ4v) is 19.5. The van der Waals surface area contributed by atoms with Gasteiger partial charge in [-0.2, -0.15) is 24.8 Å². The number of para-hydroxylation sites is 4. The van der Waals surface area contributed by atoms with Crippen molar-refractivity contribution in [2.24, 2.45) is 23.7 Å². The molecule has 15 aromatic rings. The minimum atomic E-state index is -1.38. The Labute approximate surface area is 871 Å². The van der Waals surface area contributed by atoms with Gasteiger partial charge in [-0.25, -0.2) is 38.5 Å². The maximum absolute atomic E-state index is 12.5. The number of hydrogen-bond acceptors (Lipinski definition) is 18. The van der Waals surface area contributed by atoms with Crippen LogP contribution < -0.4 is 39.5 Å². The van der Waals surface area contributed by atoms with E-state index >= 15 is 0 Å². The van der Waals surface area contributed by atoms with Crippen LogP contribution in [0.4, 0.5) is 20.8 Å². The molecule has 140 heavy (non-hydrogen) atoms. The molecule has 19 rings (SSSR count). The molecule has 0 atom stereocenters. The average molecular weight is 2210 g/mol. The van der Waals surface area contributed by atoms with Crippen LogP contribution in [0.15, 0.2) is 184 Å². The van der Waals surface area contributed by atoms with E-state index in [1.807, 2.05) is 108 Å². The Kier molecular flexibility index (Phi) is 35.7. The zero-order chi connectivity index (χ0) is 100. The number of aromatic nitrogens is 13. The highest BCUT2D eigenvalue weighted by Crippen LogP contribution is 2.44. The number of aromatic amines is 2. The largest absolute Gasteiger partial charge is 0.491 e. The number of nitrogens with zero attached hydrogens (tertiary/aromatic N) is 14. The molecule has 0 bridgehead atoms. The lowest BCUT2D eigenvalue weighted by Crippen LogP contribution is -2.39. The van der Waals surface area contributed by atoms with Crippen molar-refractivity contribution in [1.29, 1.82) is 0 Å². The van der Waals surface area contributed by atoms with Crippen LogP contribution in [0.5, 0.6) is 23.0 Å². The lowest BCUT2D eigenvalue weighted by Gasteiger charge is -2.29. The van der Waals surface area contributed by atoms with Gasteiger partial charge in [-0.1, -0.05) is 192 Å². The Hall–Kier alpha value is -10.2. The van der Waals surface area contributed by atoms with Crippen LogP contribution in [-0.4, -0.2) is 150 Å². The highest BCUT2D eigenvalue weighted by molar-refractivity contribution is 9.11. The second-order valence-corrected chi connectivity index (χ2v) is 42.1. The van der Waals surface area contributed by atoms with Crippen LogP contribution in [0, 0.1) is 57.3 Å². The fourth-order valence-electron chi connectivity index (χ4n) is 16.3. The molecule has 0 saturated heterocycles. The first-order valence-corrected chi connectivity index (χ1v) is 51.1. The molecule has 5 N–H and O–H groups in total. The van der Waals surface area contributed by atoms with Crippen molar-refractivity contribution in [3.05, 3.63) is 288 Å². The number of carbonyl (C=O) groups is 1. The van der Waals surface area contributed by atoms with Crippen LogP contribution in [0.25, 0.3) is 55.8 Å². The van der Waals surface area contributed by atoms with E-state index < -0.39 is 18.7 Å². The average Bonchev–Trinajstić information content (AvgIpc) is 1.60. The maximum Gasteiger partial charge on any atom is 0.488 e. The van der Waals surface area contributed by atoms with Crippen molar-refractivity contribution in [3.63, 3.8) is 0 Å². The van der Waals surface area contributed by atoms with E-state index in [2.05, 4.69) is 224 Å². The number of pyridine rings is 3. The summed E-state index contributed by atoms with van der Waals surface area (Å²) in [5.41, 5.74) is 21.5. The molecule has 4 aliphatic heterocycles. The summed E-state index contributed by atoms with van der Waals surface area (Å²) in [5.74, 6) is 5.93. The van der Waals surface area contributed by atoms with Crippen LogP contribution >= 0.6 is 117 Å². The van der Waals surface area contributed by atoms with Gasteiger partial charge in [-0.15, -0.1) is 0 Å². The number of halogens is 10. The van der Waals surface area contributed by atoms with Gasteiger partial charge in [0.2, 0.25) is 5.95 Å². The highest BCUT2D eigenvalue weighted by atomic mass is 79.9. The first kappa shape index (κ1) is 106. The Morgan fingerprint density at radius 1 is 0.464 bits per heavy atom. The van der Waals surface area contributed by atoms with Crippen molar-refractivity contribution in [2.75, 3.05) is 62.4 Å². The van der Waals surface area contributed by atoms with E-state index in [1.165, 1.54) is 23.5 Å². The number of aryl methyl sites for hydroxylation is 4. The van der Waals surface area contributed by atoms with E-state index in [-0.39, 0.29) is 11.1 Å². The van der Waals surface area contributed by atoms with Crippen LogP contribution in [0.1, 0.15) is 143 Å². The summed E-state index contributed by atoms with van der Waals surface area (Å²) in [6.45, 7) is 39.6. The molecule has 13 heterocycles. The monoisotopic (exact) mass is 2210 g/mol. The maximum atomic E-state index is 12.5. The Morgan fingerprint density at radius 2 is 0.850 bits per heavy atom. The molecule has 36 heteroatoms. The summed E-state index contributed by atoms with van der Waals surface area (Å²) < 4.78 is 53.0. The summed E-state index contributed by atoms with van der Waals surface area (Å²) >= 11 is 47.1. The number of ether oxygens (including phenoxy) is 5. The number of carbonyl (C=O) groups excluding carboxylic acids is 1. The standard InChI is InChI=1S/C30H29Cl2N5O.C22H23BrCl2N4O.C22H30BrN3O3.C17H22BrN3O.C8H8BNO2.C5H2Cl2FN/c1-18(2)17-38-27-6-4-5-19(3)28(27)37-29(21-7-8-25-20(13-21)9-11-33-25)23-16-36(12-10-26(23)35-37)30-24(32)14-22(31)15-34-30;1-13(2)12-30-19-6-4-5-14(3)20(19)29-21(23)16-11-28(8-7-18(16)27-29)22-17(25)9-15(24)10-26-22;1-14(2)13-28-18-9-7-8-15(3)19(18)26-20(23)16-12-25(11-10-17(16)24-26)21(27)29-22(4,5)6;1-11(2)10-22-15-6-4-5-12(3)16(15)21-17(18)13-9-19-8-7-14(13)20-21;11-9(12)7-1-2-8-6(5-7)3-4-10-8;6-3-1-4(7)5(8)9-2-3/h4-9,11,13-15,18,33H,10,12,16-17H2,1-3H3;4-6,9-10,13H,7-8,11-12H2,1-3H3;7-9,14H,10-13H2,1-6H3;4-6,11,19H,7-10H2,1-3H3;1-5,10-12H;1-2H. The SMILES string of the molecule is Cc1cccc(OCC(C)C)c1-n1nc2c(c1-c1ccc3[nH]ccc3c1)CN(c1ncc(Cl)cc1Cl)CC2.Cc1cccc(OCC(C)C)c1-n1nc2c(c1Br)CN(C(=O)OC(C)(C)C)CC2.Cc1cccc(OCC(C)C)c1-n1nc2c(c1Br)CN(c1ncc(Cl)cc1Cl)CC2.Cc1cccc(OCC(C)C)c1-n1nc2c(c1Br)CNCC2.Fc1ncc(Cl)cc1Cl.OB(O)c1ccc2[nH]ccc2c1. The topological polar surface area (TPSA) is 267 Å². The molecule has 1 amide bonds. The Balaban J connectivity index is 0.000000140. The zero-order valence-corrected chi connectivity index (χ0v) is 90.0. The van der Waals surface area contributed by atoms with E-state index in [0.29, 0.717) is 113 Å². The third kappa shape index (κ3) is 25.9. The quantitative estimate of drug-likeness (QED) is 0.0351. The van der Waals surface area contributed by atoms with Crippen LogP contribution in [0.3, 0.4) is 0 Å². The lowest BCUT2D eigenvalue weighted by atomic mass is 9.80. The van der Waals surface area contributed by atoms with E-state index in [9.17, 15) is 9.18 Å². The minimum Gasteiger partial charge on any atom is -0.491 e. The molecule has 0 unspecified atom stereocenters. The van der Waals surface area contributed by atoms with Gasteiger partial charge in [-0.3, -0.25) is 0 Å². The molecule has 4 aliphatic rings. The molecule has 0 saturated carbocycles. The molecule has 0 fully saturated rings. The Bertz CT molecular complexity index is 6900. The number of benzene rings is 6.